The van der Waals surface area contributed by atoms with Gasteiger partial charge >= 0.3 is 0 Å². The first-order chi connectivity index (χ1) is 36.3. The van der Waals surface area contributed by atoms with Crippen LogP contribution in [-0.4, -0.2) is 169 Å². The summed E-state index contributed by atoms with van der Waals surface area (Å²) in [6.07, 6.45) is 1.81. The van der Waals surface area contributed by atoms with Gasteiger partial charge in [0.1, 0.15) is 54.4 Å². The number of carbonyl (C=O) groups is 10. The lowest BCUT2D eigenvalue weighted by Crippen LogP contribution is -2.61. The highest BCUT2D eigenvalue weighted by molar-refractivity contribution is 5.98. The molecule has 442 valence electrons. The summed E-state index contributed by atoms with van der Waals surface area (Å²) in [6.45, 7) is 13.1. The zero-order valence-corrected chi connectivity index (χ0v) is 46.8. The van der Waals surface area contributed by atoms with Crippen molar-refractivity contribution in [2.45, 2.75) is 212 Å². The third-order valence-electron chi connectivity index (χ3n) is 13.1. The summed E-state index contributed by atoms with van der Waals surface area (Å²) in [5.41, 5.74) is 23.4. The van der Waals surface area contributed by atoms with Gasteiger partial charge < -0.3 is 86.3 Å². The molecule has 12 atom stereocenters. The molecule has 1 saturated heterocycles. The molecule has 26 heteroatoms. The van der Waals surface area contributed by atoms with Crippen LogP contribution in [0.2, 0.25) is 0 Å². The Kier molecular flexibility index (Phi) is 33.7. The molecule has 77 heavy (non-hydrogen) atoms. The molecule has 1 rings (SSSR count). The van der Waals surface area contributed by atoms with E-state index in [2.05, 4.69) is 67.0 Å². The molecule has 0 aromatic heterocycles. The maximum Gasteiger partial charge on any atom is 0.245 e. The van der Waals surface area contributed by atoms with Crippen molar-refractivity contribution in [1.29, 1.82) is 0 Å². The van der Waals surface area contributed by atoms with Gasteiger partial charge in [-0.05, 0) is 109 Å². The first-order valence-electron chi connectivity index (χ1n) is 27.5. The first kappa shape index (κ1) is 69.5. The van der Waals surface area contributed by atoms with Crippen LogP contribution in [0.25, 0.3) is 0 Å². The zero-order chi connectivity index (χ0) is 58.4. The summed E-state index contributed by atoms with van der Waals surface area (Å²) in [4.78, 5) is 139. The normalized spacial score (nSPS) is 23.8. The number of aliphatic hydroxyl groups is 2. The number of aliphatic hydroxyl groups excluding tert-OH is 2. The van der Waals surface area contributed by atoms with Crippen LogP contribution in [-0.2, 0) is 47.9 Å². The van der Waals surface area contributed by atoms with Crippen LogP contribution >= 0.6 is 0 Å². The smallest absolute Gasteiger partial charge is 0.245 e. The summed E-state index contributed by atoms with van der Waals surface area (Å²) in [5, 5.41) is 47.0. The van der Waals surface area contributed by atoms with Crippen LogP contribution in [0.3, 0.4) is 0 Å². The lowest BCUT2D eigenvalue weighted by atomic mass is 9.99. The van der Waals surface area contributed by atoms with Crippen LogP contribution in [0.15, 0.2) is 0 Å². The summed E-state index contributed by atoms with van der Waals surface area (Å²) < 4.78 is 0. The van der Waals surface area contributed by atoms with Gasteiger partial charge in [0.05, 0.1) is 12.2 Å². The molecule has 0 spiro atoms. The van der Waals surface area contributed by atoms with Crippen molar-refractivity contribution in [2.24, 2.45) is 40.7 Å². The van der Waals surface area contributed by atoms with E-state index in [9.17, 15) is 58.2 Å². The number of rotatable bonds is 27. The molecule has 0 aliphatic carbocycles. The molecule has 0 aromatic carbocycles. The topological polar surface area (TPSA) is 436 Å². The molecule has 0 saturated carbocycles. The first-order valence-corrected chi connectivity index (χ1v) is 27.5. The van der Waals surface area contributed by atoms with Gasteiger partial charge in [-0.3, -0.25) is 47.9 Å². The number of carbonyl (C=O) groups excluding carboxylic acids is 10. The van der Waals surface area contributed by atoms with Crippen LogP contribution in [0.1, 0.15) is 145 Å². The molecule has 0 radical (unpaired) electrons. The van der Waals surface area contributed by atoms with E-state index < -0.39 is 139 Å². The van der Waals surface area contributed by atoms with Crippen molar-refractivity contribution in [3.63, 3.8) is 0 Å². The van der Waals surface area contributed by atoms with Gasteiger partial charge in [-0.25, -0.2) is 0 Å². The Morgan fingerprint density at radius 3 is 1.45 bits per heavy atom. The molecule has 1 unspecified atom stereocenters. The van der Waals surface area contributed by atoms with Crippen LogP contribution < -0.4 is 76.1 Å². The second kappa shape index (κ2) is 37.3. The maximum absolute atomic E-state index is 14.3. The Labute approximate surface area is 454 Å². The van der Waals surface area contributed by atoms with E-state index in [0.717, 1.165) is 32.1 Å². The van der Waals surface area contributed by atoms with Gasteiger partial charge in [-0.2, -0.15) is 0 Å². The predicted octanol–water partition coefficient (Wildman–Crippen LogP) is -3.49. The van der Waals surface area contributed by atoms with Crippen molar-refractivity contribution in [3.05, 3.63) is 0 Å². The molecule has 10 amide bonds. The van der Waals surface area contributed by atoms with Crippen molar-refractivity contribution in [2.75, 3.05) is 32.7 Å². The van der Waals surface area contributed by atoms with E-state index in [1.165, 1.54) is 13.8 Å². The molecule has 1 heterocycles. The van der Waals surface area contributed by atoms with E-state index in [4.69, 9.17) is 22.9 Å². The minimum absolute atomic E-state index is 0.0675. The molecule has 1 aliphatic heterocycles. The van der Waals surface area contributed by atoms with Gasteiger partial charge in [0.25, 0.3) is 0 Å². The molecular weight excluding hydrogens is 1000 g/mol. The highest BCUT2D eigenvalue weighted by atomic mass is 16.3. The number of unbranched alkanes of at least 4 members (excludes halogenated alkanes) is 3. The van der Waals surface area contributed by atoms with E-state index in [1.807, 2.05) is 0 Å². The molecule has 1 aliphatic rings. The minimum atomic E-state index is -1.65. The predicted molar refractivity (Wildman–Crippen MR) is 289 cm³/mol. The fourth-order valence-electron chi connectivity index (χ4n) is 8.41. The van der Waals surface area contributed by atoms with Crippen molar-refractivity contribution in [3.8, 4) is 0 Å². The lowest BCUT2D eigenvalue weighted by molar-refractivity contribution is -0.136. The third kappa shape index (κ3) is 26.6. The average Bonchev–Trinajstić information content (AvgIpc) is 3.35. The van der Waals surface area contributed by atoms with E-state index in [-0.39, 0.29) is 83.0 Å². The van der Waals surface area contributed by atoms with Gasteiger partial charge in [0.15, 0.2) is 0 Å². The van der Waals surface area contributed by atoms with Gasteiger partial charge in [-0.15, -0.1) is 0 Å². The second-order valence-corrected chi connectivity index (χ2v) is 21.1. The summed E-state index contributed by atoms with van der Waals surface area (Å²) in [5.74, 6) is -8.18. The molecule has 26 nitrogen and oxygen atoms in total. The Balaban J connectivity index is 3.76. The largest absolute Gasteiger partial charge is 0.391 e. The van der Waals surface area contributed by atoms with E-state index >= 15 is 0 Å². The Bertz CT molecular complexity index is 1890. The van der Waals surface area contributed by atoms with Gasteiger partial charge in [0.2, 0.25) is 59.1 Å². The second-order valence-electron chi connectivity index (χ2n) is 21.1. The van der Waals surface area contributed by atoms with Gasteiger partial charge in [-0.1, -0.05) is 73.6 Å². The summed E-state index contributed by atoms with van der Waals surface area (Å²) >= 11 is 0. The van der Waals surface area contributed by atoms with Crippen LogP contribution in [0.4, 0.5) is 0 Å². The van der Waals surface area contributed by atoms with Crippen molar-refractivity contribution in [1.82, 2.24) is 53.2 Å². The van der Waals surface area contributed by atoms with Crippen LogP contribution in [0, 0.1) is 17.8 Å². The fourth-order valence-corrected chi connectivity index (χ4v) is 8.41. The number of hydrogen-bond acceptors (Lipinski definition) is 16. The Morgan fingerprint density at radius 1 is 0.558 bits per heavy atom. The quantitative estimate of drug-likeness (QED) is 0.0355. The van der Waals surface area contributed by atoms with E-state index in [1.54, 1.807) is 27.7 Å². The number of amides is 10. The number of nitrogens with two attached hydrogens (primary N) is 4. The average molecular weight is 1100 g/mol. The third-order valence-corrected chi connectivity index (χ3v) is 13.1. The molecule has 0 aromatic rings. The molecule has 20 N–H and O–H groups in total. The molecule has 0 bridgehead atoms. The Morgan fingerprint density at radius 2 is 1.01 bits per heavy atom. The Hall–Kier alpha value is -5.54. The lowest BCUT2D eigenvalue weighted by Gasteiger charge is -2.29. The maximum atomic E-state index is 14.3. The highest BCUT2D eigenvalue weighted by Crippen LogP contribution is 2.15. The highest BCUT2D eigenvalue weighted by Gasteiger charge is 2.37. The number of nitrogens with one attached hydrogen (secondary N) is 10. The SMILES string of the molecule is CCC(C)CCCCCCC(=O)N[C@H](C(=O)N[C@@H](CCN)C(=O)N[C@H]1CCNC(=O)[C@H]([C@@H](C)O)NC(=O)[C@H](CCN)NC(=O)[C@H](CCN)NC(=O)[C@H](CC(C)C)NC(=O)[C@@H](CC(C)C)NC(=O)[C@H](CCN)NC1=O)[C@@H](C)O. The summed E-state index contributed by atoms with van der Waals surface area (Å²) in [7, 11) is 0. The molecule has 1 fully saturated rings. The zero-order valence-electron chi connectivity index (χ0n) is 46.8. The fraction of sp³-hybridized carbons (Fsp3) is 0.804. The minimum Gasteiger partial charge on any atom is -0.391 e. The van der Waals surface area contributed by atoms with Crippen molar-refractivity contribution < 1.29 is 58.2 Å². The monoisotopic (exact) mass is 1100 g/mol. The van der Waals surface area contributed by atoms with Crippen LogP contribution in [0.5, 0.6) is 0 Å². The van der Waals surface area contributed by atoms with E-state index in [0.29, 0.717) is 12.3 Å². The van der Waals surface area contributed by atoms with Gasteiger partial charge in [0, 0.05) is 13.0 Å². The van der Waals surface area contributed by atoms with Crippen molar-refractivity contribution >= 4 is 59.1 Å². The summed E-state index contributed by atoms with van der Waals surface area (Å²) in [6, 6.07) is -12.8. The number of hydrogen-bond donors (Lipinski definition) is 16. The standard InChI is InChI=1S/C51H96N14O12/c1-9-30(6)14-12-10-11-13-15-40(68)64-42(32(8)67)51(77)61-35(18-23-54)44(70)60-37-20-25-56-50(76)41(31(7)66)65-47(73)36(19-24-55)58-43(69)33(16-21-52)59-48(74)38(26-28(2)3)63-49(75)39(27-29(4)5)62-45(71)34(17-22-53)57-46(37)72/h28-39,41-42,66-67H,9-27,52-55H2,1-8H3,(H,56,76)(H,57,72)(H,58,69)(H,59,74)(H,60,70)(H,61,77)(H,62,71)(H,63,75)(H,64,68)(H,65,73)/t30?,31-,32-,33+,34+,35+,36+,37+,38+,39-,41+,42+/m1/s1. The molecular formula is C51H96N14O12.